The Morgan fingerprint density at radius 3 is 2.48 bits per heavy atom. The monoisotopic (exact) mass is 390 g/mol. The van der Waals surface area contributed by atoms with Gasteiger partial charge in [0.2, 0.25) is 0 Å². The molecule has 4 rings (SSSR count). The molecule has 0 bridgehead atoms. The standard InChI is InChI=1S/C20H22N8O/c1-11-8-12(2)28(25-11)18-7-6-15(10-21-18)22-20(29)17-9-16(23-24-17)19-13(3)26-27(5)14(19)4/h6-10H,1-5H3,(H,22,29)(H,23,24). The molecule has 4 aromatic heterocycles. The second-order valence-electron chi connectivity index (χ2n) is 7.03. The summed E-state index contributed by atoms with van der Waals surface area (Å²) in [5.74, 6) is 0.406. The normalized spacial score (nSPS) is 11.1. The fourth-order valence-electron chi connectivity index (χ4n) is 3.35. The van der Waals surface area contributed by atoms with E-state index in [1.54, 1.807) is 27.7 Å². The molecule has 0 atom stereocenters. The molecule has 0 saturated heterocycles. The number of nitrogens with zero attached hydrogens (tertiary/aromatic N) is 6. The number of hydrogen-bond donors (Lipinski definition) is 2. The molecule has 0 fully saturated rings. The third-order valence-electron chi connectivity index (χ3n) is 4.82. The molecule has 0 aliphatic rings. The third kappa shape index (κ3) is 3.42. The number of pyridine rings is 1. The number of H-pyrrole nitrogens is 1. The lowest BCUT2D eigenvalue weighted by atomic mass is 10.1. The Morgan fingerprint density at radius 2 is 1.90 bits per heavy atom. The van der Waals surface area contributed by atoms with E-state index in [4.69, 9.17) is 0 Å². The first-order valence-corrected chi connectivity index (χ1v) is 9.20. The predicted octanol–water partition coefficient (Wildman–Crippen LogP) is 2.88. The van der Waals surface area contributed by atoms with Crippen molar-refractivity contribution in [3.8, 4) is 17.1 Å². The molecule has 9 heteroatoms. The average molecular weight is 390 g/mol. The second kappa shape index (κ2) is 7.01. The maximum absolute atomic E-state index is 12.6. The van der Waals surface area contributed by atoms with E-state index in [2.05, 4.69) is 30.7 Å². The Bertz CT molecular complexity index is 1200. The maximum atomic E-state index is 12.6. The van der Waals surface area contributed by atoms with E-state index in [1.807, 2.05) is 46.9 Å². The van der Waals surface area contributed by atoms with E-state index in [0.717, 1.165) is 28.3 Å². The summed E-state index contributed by atoms with van der Waals surface area (Å²) in [6.45, 7) is 7.80. The number of carbonyl (C=O) groups is 1. The van der Waals surface area contributed by atoms with E-state index >= 15 is 0 Å². The number of amides is 1. The van der Waals surface area contributed by atoms with Gasteiger partial charge in [-0.2, -0.15) is 15.3 Å². The number of nitrogens with one attached hydrogen (secondary N) is 2. The lowest BCUT2D eigenvalue weighted by Crippen LogP contribution is -2.13. The molecule has 0 spiro atoms. The molecule has 1 amide bonds. The summed E-state index contributed by atoms with van der Waals surface area (Å²) in [4.78, 5) is 17.0. The zero-order valence-electron chi connectivity index (χ0n) is 17.0. The average Bonchev–Trinajstić information content (AvgIpc) is 3.34. The second-order valence-corrected chi connectivity index (χ2v) is 7.03. The van der Waals surface area contributed by atoms with E-state index in [0.29, 0.717) is 22.9 Å². The van der Waals surface area contributed by atoms with Gasteiger partial charge in [-0.05, 0) is 52.0 Å². The van der Waals surface area contributed by atoms with Gasteiger partial charge in [0, 0.05) is 24.0 Å². The minimum atomic E-state index is -0.288. The van der Waals surface area contributed by atoms with Gasteiger partial charge in [0.05, 0.1) is 29.0 Å². The van der Waals surface area contributed by atoms with Crippen molar-refractivity contribution in [2.75, 3.05) is 5.32 Å². The number of carbonyl (C=O) groups excluding carboxylic acids is 1. The van der Waals surface area contributed by atoms with E-state index < -0.39 is 0 Å². The Hall–Kier alpha value is -3.75. The molecule has 0 radical (unpaired) electrons. The van der Waals surface area contributed by atoms with Crippen LogP contribution in [-0.4, -0.2) is 40.6 Å². The topological polar surface area (TPSA) is 106 Å². The van der Waals surface area contributed by atoms with Gasteiger partial charge in [-0.25, -0.2) is 9.67 Å². The molecule has 0 unspecified atom stereocenters. The summed E-state index contributed by atoms with van der Waals surface area (Å²) in [6, 6.07) is 7.32. The van der Waals surface area contributed by atoms with Gasteiger partial charge in [-0.15, -0.1) is 0 Å². The molecule has 148 valence electrons. The molecule has 0 aromatic carbocycles. The quantitative estimate of drug-likeness (QED) is 0.557. The molecule has 29 heavy (non-hydrogen) atoms. The van der Waals surface area contributed by atoms with Crippen molar-refractivity contribution in [3.63, 3.8) is 0 Å². The zero-order valence-corrected chi connectivity index (χ0v) is 17.0. The molecule has 4 heterocycles. The van der Waals surface area contributed by atoms with Crippen LogP contribution < -0.4 is 5.32 Å². The van der Waals surface area contributed by atoms with Crippen LogP contribution in [0, 0.1) is 27.7 Å². The van der Waals surface area contributed by atoms with Crippen LogP contribution in [0.5, 0.6) is 0 Å². The minimum Gasteiger partial charge on any atom is -0.319 e. The molecule has 0 aliphatic carbocycles. The SMILES string of the molecule is Cc1cc(C)n(-c2ccc(NC(=O)c3cc(-c4c(C)nn(C)c4C)n[nH]3)cn2)n1. The first-order valence-electron chi connectivity index (χ1n) is 9.20. The number of aryl methyl sites for hydroxylation is 4. The number of anilines is 1. The summed E-state index contributed by atoms with van der Waals surface area (Å²) >= 11 is 0. The van der Waals surface area contributed by atoms with Gasteiger partial charge in [0.15, 0.2) is 5.82 Å². The first kappa shape index (κ1) is 18.6. The van der Waals surface area contributed by atoms with Gasteiger partial charge < -0.3 is 5.32 Å². The van der Waals surface area contributed by atoms with Crippen LogP contribution in [0.2, 0.25) is 0 Å². The van der Waals surface area contributed by atoms with Gasteiger partial charge >= 0.3 is 0 Å². The predicted molar refractivity (Wildman–Crippen MR) is 109 cm³/mol. The lowest BCUT2D eigenvalue weighted by molar-refractivity contribution is 0.102. The summed E-state index contributed by atoms with van der Waals surface area (Å²) in [7, 11) is 1.88. The molecule has 4 aromatic rings. The Morgan fingerprint density at radius 1 is 1.10 bits per heavy atom. The Labute approximate surface area is 167 Å². The van der Waals surface area contributed by atoms with Crippen molar-refractivity contribution >= 4 is 11.6 Å². The Balaban J connectivity index is 1.51. The van der Waals surface area contributed by atoms with E-state index in [-0.39, 0.29) is 5.91 Å². The zero-order chi connectivity index (χ0) is 20.7. The van der Waals surface area contributed by atoms with E-state index in [9.17, 15) is 4.79 Å². The lowest BCUT2D eigenvalue weighted by Gasteiger charge is -2.06. The van der Waals surface area contributed by atoms with Crippen molar-refractivity contribution in [1.29, 1.82) is 0 Å². The summed E-state index contributed by atoms with van der Waals surface area (Å²) in [6.07, 6.45) is 1.61. The highest BCUT2D eigenvalue weighted by atomic mass is 16.1. The number of aromatic amines is 1. The van der Waals surface area contributed by atoms with Crippen LogP contribution in [0.15, 0.2) is 30.5 Å². The summed E-state index contributed by atoms with van der Waals surface area (Å²) in [5.41, 5.74) is 6.36. The molecular weight excluding hydrogens is 368 g/mol. The van der Waals surface area contributed by atoms with Crippen molar-refractivity contribution in [2.24, 2.45) is 7.05 Å². The highest BCUT2D eigenvalue weighted by Crippen LogP contribution is 2.25. The van der Waals surface area contributed by atoms with Gasteiger partial charge in [-0.1, -0.05) is 0 Å². The van der Waals surface area contributed by atoms with Crippen LogP contribution in [0.3, 0.4) is 0 Å². The van der Waals surface area contributed by atoms with Crippen LogP contribution in [0.1, 0.15) is 33.3 Å². The molecule has 9 nitrogen and oxygen atoms in total. The van der Waals surface area contributed by atoms with Crippen molar-refractivity contribution < 1.29 is 4.79 Å². The van der Waals surface area contributed by atoms with Crippen LogP contribution in [0.25, 0.3) is 17.1 Å². The van der Waals surface area contributed by atoms with Crippen LogP contribution >= 0.6 is 0 Å². The molecule has 2 N–H and O–H groups in total. The fourth-order valence-corrected chi connectivity index (χ4v) is 3.35. The van der Waals surface area contributed by atoms with Crippen molar-refractivity contribution in [2.45, 2.75) is 27.7 Å². The molecular formula is C20H22N8O. The van der Waals surface area contributed by atoms with Gasteiger partial charge in [0.1, 0.15) is 5.69 Å². The fraction of sp³-hybridized carbons (Fsp3) is 0.250. The third-order valence-corrected chi connectivity index (χ3v) is 4.82. The maximum Gasteiger partial charge on any atom is 0.273 e. The van der Waals surface area contributed by atoms with Crippen LogP contribution in [-0.2, 0) is 7.05 Å². The molecule has 0 aliphatic heterocycles. The highest BCUT2D eigenvalue weighted by Gasteiger charge is 2.17. The van der Waals surface area contributed by atoms with Crippen molar-refractivity contribution in [3.05, 3.63) is 58.9 Å². The van der Waals surface area contributed by atoms with Gasteiger partial charge in [0.25, 0.3) is 5.91 Å². The summed E-state index contributed by atoms with van der Waals surface area (Å²) < 4.78 is 3.57. The van der Waals surface area contributed by atoms with Crippen LogP contribution in [0.4, 0.5) is 5.69 Å². The van der Waals surface area contributed by atoms with Crippen molar-refractivity contribution in [1.82, 2.24) is 34.7 Å². The first-order chi connectivity index (χ1) is 13.8. The highest BCUT2D eigenvalue weighted by molar-refractivity contribution is 6.03. The number of hydrogen-bond acceptors (Lipinski definition) is 5. The van der Waals surface area contributed by atoms with Gasteiger partial charge in [-0.3, -0.25) is 14.6 Å². The number of aromatic nitrogens is 7. The summed E-state index contributed by atoms with van der Waals surface area (Å²) in [5, 5.41) is 18.7. The minimum absolute atomic E-state index is 0.288. The van der Waals surface area contributed by atoms with E-state index in [1.165, 1.54) is 0 Å². The Kier molecular flexibility index (Phi) is 4.50. The number of rotatable bonds is 4. The largest absolute Gasteiger partial charge is 0.319 e. The smallest absolute Gasteiger partial charge is 0.273 e. The molecule has 0 saturated carbocycles.